The van der Waals surface area contributed by atoms with Crippen LogP contribution in [0, 0.1) is 0 Å². The van der Waals surface area contributed by atoms with Gasteiger partial charge in [0.2, 0.25) is 5.91 Å². The van der Waals surface area contributed by atoms with Crippen molar-refractivity contribution in [2.24, 2.45) is 5.73 Å². The van der Waals surface area contributed by atoms with Crippen molar-refractivity contribution >= 4 is 23.4 Å². The fraction of sp³-hybridized carbons (Fsp3) is 0.500. The van der Waals surface area contributed by atoms with Crippen molar-refractivity contribution in [3.63, 3.8) is 0 Å². The van der Waals surface area contributed by atoms with Crippen LogP contribution in [0.2, 0.25) is 0 Å². The zero-order valence-corrected chi connectivity index (χ0v) is 11.3. The number of thioether (sulfide) groups is 1. The van der Waals surface area contributed by atoms with Gasteiger partial charge in [-0.3, -0.25) is 4.79 Å². The van der Waals surface area contributed by atoms with Gasteiger partial charge >= 0.3 is 0 Å². The van der Waals surface area contributed by atoms with Gasteiger partial charge in [0.1, 0.15) is 0 Å². The minimum absolute atomic E-state index is 0.00280. The van der Waals surface area contributed by atoms with Crippen LogP contribution in [0.15, 0.2) is 29.2 Å². The summed E-state index contributed by atoms with van der Waals surface area (Å²) in [4.78, 5) is 12.8. The number of hydrogen-bond donors (Lipinski definition) is 2. The highest BCUT2D eigenvalue weighted by Gasteiger charge is 2.17. The minimum Gasteiger partial charge on any atom is -0.330 e. The topological polar surface area (TPSA) is 55.1 Å². The van der Waals surface area contributed by atoms with Gasteiger partial charge in [-0.25, -0.2) is 0 Å². The molecule has 1 aliphatic carbocycles. The summed E-state index contributed by atoms with van der Waals surface area (Å²) in [5.74, 6) is -0.00280. The second kappa shape index (κ2) is 6.81. The maximum absolute atomic E-state index is 11.6. The quantitative estimate of drug-likeness (QED) is 0.859. The third-order valence-electron chi connectivity index (χ3n) is 3.13. The number of anilines is 1. The standard InChI is InChI=1S/C14H20N2OS/c15-10-9-14(17)16-12-7-3-4-8-13(12)18-11-5-1-2-6-11/h3-4,7-8,11H,1-2,5-6,9-10,15H2,(H,16,17). The lowest BCUT2D eigenvalue weighted by molar-refractivity contribution is -0.116. The van der Waals surface area contributed by atoms with Crippen molar-refractivity contribution in [2.75, 3.05) is 11.9 Å². The first kappa shape index (κ1) is 13.4. The molecule has 1 aliphatic rings. The SMILES string of the molecule is NCCC(=O)Nc1ccccc1SC1CCCC1. The number of hydrogen-bond acceptors (Lipinski definition) is 3. The van der Waals surface area contributed by atoms with Crippen molar-refractivity contribution < 1.29 is 4.79 Å². The zero-order valence-electron chi connectivity index (χ0n) is 10.5. The van der Waals surface area contributed by atoms with Crippen LogP contribution in [0.1, 0.15) is 32.1 Å². The Morgan fingerprint density at radius 2 is 2.06 bits per heavy atom. The predicted octanol–water partition coefficient (Wildman–Crippen LogP) is 3.01. The van der Waals surface area contributed by atoms with Crippen LogP contribution in [0.5, 0.6) is 0 Å². The molecule has 0 aromatic heterocycles. The summed E-state index contributed by atoms with van der Waals surface area (Å²) in [6.45, 7) is 0.393. The summed E-state index contributed by atoms with van der Waals surface area (Å²) in [7, 11) is 0. The van der Waals surface area contributed by atoms with E-state index in [1.165, 1.54) is 30.6 Å². The molecule has 1 saturated carbocycles. The van der Waals surface area contributed by atoms with Gasteiger partial charge < -0.3 is 11.1 Å². The van der Waals surface area contributed by atoms with E-state index in [1.807, 2.05) is 30.0 Å². The molecule has 0 atom stereocenters. The molecule has 0 bridgehead atoms. The maximum atomic E-state index is 11.6. The molecular formula is C14H20N2OS. The number of nitrogens with one attached hydrogen (secondary N) is 1. The number of para-hydroxylation sites is 1. The third-order valence-corrected chi connectivity index (χ3v) is 4.54. The number of benzene rings is 1. The van der Waals surface area contributed by atoms with Gasteiger partial charge in [-0.15, -0.1) is 11.8 Å². The van der Waals surface area contributed by atoms with E-state index in [-0.39, 0.29) is 5.91 Å². The lowest BCUT2D eigenvalue weighted by Gasteiger charge is -2.13. The van der Waals surface area contributed by atoms with E-state index in [0.29, 0.717) is 18.2 Å². The molecular weight excluding hydrogens is 244 g/mol. The van der Waals surface area contributed by atoms with E-state index >= 15 is 0 Å². The number of rotatable bonds is 5. The molecule has 18 heavy (non-hydrogen) atoms. The van der Waals surface area contributed by atoms with Crippen molar-refractivity contribution in [2.45, 2.75) is 42.2 Å². The van der Waals surface area contributed by atoms with E-state index in [1.54, 1.807) is 0 Å². The number of amides is 1. The van der Waals surface area contributed by atoms with Crippen molar-refractivity contribution in [3.8, 4) is 0 Å². The molecule has 0 radical (unpaired) electrons. The van der Waals surface area contributed by atoms with Gasteiger partial charge in [-0.2, -0.15) is 0 Å². The van der Waals surface area contributed by atoms with Crippen LogP contribution in [0.4, 0.5) is 5.69 Å². The average molecular weight is 264 g/mol. The predicted molar refractivity (Wildman–Crippen MR) is 76.9 cm³/mol. The molecule has 1 aromatic rings. The van der Waals surface area contributed by atoms with E-state index in [2.05, 4.69) is 11.4 Å². The molecule has 3 nitrogen and oxygen atoms in total. The first-order valence-electron chi connectivity index (χ1n) is 6.55. The van der Waals surface area contributed by atoms with Gasteiger partial charge in [0.25, 0.3) is 0 Å². The first-order chi connectivity index (χ1) is 8.79. The molecule has 98 valence electrons. The molecule has 4 heteroatoms. The van der Waals surface area contributed by atoms with Crippen LogP contribution in [0.3, 0.4) is 0 Å². The monoisotopic (exact) mass is 264 g/mol. The summed E-state index contributed by atoms with van der Waals surface area (Å²) in [5, 5.41) is 3.65. The van der Waals surface area contributed by atoms with E-state index in [9.17, 15) is 4.79 Å². The van der Waals surface area contributed by atoms with Crippen molar-refractivity contribution in [1.29, 1.82) is 0 Å². The van der Waals surface area contributed by atoms with E-state index < -0.39 is 0 Å². The molecule has 0 unspecified atom stereocenters. The molecule has 3 N–H and O–H groups in total. The second-order valence-electron chi connectivity index (χ2n) is 4.61. The van der Waals surface area contributed by atoms with Crippen molar-refractivity contribution in [1.82, 2.24) is 0 Å². The van der Waals surface area contributed by atoms with E-state index in [4.69, 9.17) is 5.73 Å². The summed E-state index contributed by atoms with van der Waals surface area (Å²) < 4.78 is 0. The number of carbonyl (C=O) groups excluding carboxylic acids is 1. The molecule has 0 spiro atoms. The van der Waals surface area contributed by atoms with Gasteiger partial charge in [0.05, 0.1) is 5.69 Å². The molecule has 1 fully saturated rings. The summed E-state index contributed by atoms with van der Waals surface area (Å²) >= 11 is 1.89. The summed E-state index contributed by atoms with van der Waals surface area (Å²) in [6.07, 6.45) is 5.62. The highest BCUT2D eigenvalue weighted by molar-refractivity contribution is 8.00. The Hall–Kier alpha value is -1.00. The Balaban J connectivity index is 2.02. The molecule has 0 heterocycles. The fourth-order valence-corrected chi connectivity index (χ4v) is 3.53. The normalized spacial score (nSPS) is 15.8. The van der Waals surface area contributed by atoms with Crippen LogP contribution in [-0.2, 0) is 4.79 Å². The Kier molecular flexibility index (Phi) is 5.08. The maximum Gasteiger partial charge on any atom is 0.225 e. The second-order valence-corrected chi connectivity index (χ2v) is 5.95. The fourth-order valence-electron chi connectivity index (χ4n) is 2.20. The van der Waals surface area contributed by atoms with E-state index in [0.717, 1.165) is 5.69 Å². The zero-order chi connectivity index (χ0) is 12.8. The van der Waals surface area contributed by atoms with Crippen LogP contribution in [-0.4, -0.2) is 17.7 Å². The molecule has 2 rings (SSSR count). The minimum atomic E-state index is -0.00280. The summed E-state index contributed by atoms with van der Waals surface area (Å²) in [6, 6.07) is 8.03. The Labute approximate surface area is 113 Å². The van der Waals surface area contributed by atoms with Crippen LogP contribution < -0.4 is 11.1 Å². The van der Waals surface area contributed by atoms with Crippen LogP contribution in [0.25, 0.3) is 0 Å². The van der Waals surface area contributed by atoms with Gasteiger partial charge in [0, 0.05) is 23.1 Å². The largest absolute Gasteiger partial charge is 0.330 e. The van der Waals surface area contributed by atoms with Gasteiger partial charge in [0.15, 0.2) is 0 Å². The molecule has 1 amide bonds. The molecule has 0 saturated heterocycles. The first-order valence-corrected chi connectivity index (χ1v) is 7.43. The Bertz CT molecular complexity index is 403. The highest BCUT2D eigenvalue weighted by Crippen LogP contribution is 2.37. The van der Waals surface area contributed by atoms with Crippen LogP contribution >= 0.6 is 11.8 Å². The average Bonchev–Trinajstić information content (AvgIpc) is 2.85. The molecule has 1 aromatic carbocycles. The Morgan fingerprint density at radius 1 is 1.33 bits per heavy atom. The highest BCUT2D eigenvalue weighted by atomic mass is 32.2. The van der Waals surface area contributed by atoms with Gasteiger partial charge in [-0.05, 0) is 25.0 Å². The van der Waals surface area contributed by atoms with Crippen molar-refractivity contribution in [3.05, 3.63) is 24.3 Å². The smallest absolute Gasteiger partial charge is 0.225 e. The summed E-state index contributed by atoms with van der Waals surface area (Å²) in [5.41, 5.74) is 6.31. The Morgan fingerprint density at radius 3 is 2.78 bits per heavy atom. The lowest BCUT2D eigenvalue weighted by Crippen LogP contribution is -2.16. The number of nitrogens with two attached hydrogens (primary N) is 1. The number of carbonyl (C=O) groups is 1. The lowest BCUT2D eigenvalue weighted by atomic mass is 10.3. The molecule has 0 aliphatic heterocycles. The van der Waals surface area contributed by atoms with Gasteiger partial charge in [-0.1, -0.05) is 25.0 Å². The third kappa shape index (κ3) is 3.75.